The van der Waals surface area contributed by atoms with Crippen LogP contribution in [0.25, 0.3) is 10.2 Å². The molecule has 0 radical (unpaired) electrons. The molecule has 0 saturated carbocycles. The molecule has 2 heterocycles. The number of aromatic nitrogens is 2. The third-order valence-electron chi connectivity index (χ3n) is 3.61. The van der Waals surface area contributed by atoms with Gasteiger partial charge < -0.3 is 9.47 Å². The van der Waals surface area contributed by atoms with E-state index in [1.807, 2.05) is 0 Å². The lowest BCUT2D eigenvalue weighted by molar-refractivity contribution is -0.142. The molecule has 0 N–H and O–H groups in total. The molecule has 6 nitrogen and oxygen atoms in total. The molecule has 0 saturated heterocycles. The van der Waals surface area contributed by atoms with Crippen molar-refractivity contribution in [3.8, 4) is 5.75 Å². The molecule has 2 aromatic rings. The van der Waals surface area contributed by atoms with Crippen molar-refractivity contribution in [2.45, 2.75) is 59.2 Å². The first kappa shape index (κ1) is 21.8. The number of nitrogens with zero attached hydrogens (tertiary/aromatic N) is 2. The maximum absolute atomic E-state index is 12.5. The molecule has 2 aromatic heterocycles. The van der Waals surface area contributed by atoms with Gasteiger partial charge in [-0.15, -0.1) is 11.3 Å². The van der Waals surface area contributed by atoms with E-state index in [-0.39, 0.29) is 23.5 Å². The van der Waals surface area contributed by atoms with Gasteiger partial charge in [0.05, 0.1) is 22.7 Å². The Morgan fingerprint density at radius 3 is 2.22 bits per heavy atom. The van der Waals surface area contributed by atoms with Crippen molar-refractivity contribution in [3.05, 3.63) is 16.4 Å². The number of alkyl halides is 1. The van der Waals surface area contributed by atoms with Crippen molar-refractivity contribution >= 4 is 49.4 Å². The van der Waals surface area contributed by atoms with Gasteiger partial charge in [0.25, 0.3) is 0 Å². The van der Waals surface area contributed by atoms with Crippen LogP contribution in [0.1, 0.15) is 69.7 Å². The summed E-state index contributed by atoms with van der Waals surface area (Å²) < 4.78 is 11.4. The van der Waals surface area contributed by atoms with Crippen LogP contribution < -0.4 is 4.74 Å². The largest absolute Gasteiger partial charge is 0.461 e. The summed E-state index contributed by atoms with van der Waals surface area (Å²) in [6.07, 6.45) is 0. The number of pyridine rings is 1. The van der Waals surface area contributed by atoms with Crippen molar-refractivity contribution in [3.63, 3.8) is 0 Å². The van der Waals surface area contributed by atoms with Gasteiger partial charge in [0.1, 0.15) is 10.2 Å². The summed E-state index contributed by atoms with van der Waals surface area (Å²) in [5, 5.41) is 1.28. The minimum absolute atomic E-state index is 0.000471. The Hall–Kier alpha value is -1.54. The second kappa shape index (κ2) is 7.83. The van der Waals surface area contributed by atoms with E-state index in [4.69, 9.17) is 14.5 Å². The molecule has 0 aliphatic heterocycles. The van der Waals surface area contributed by atoms with Crippen molar-refractivity contribution in [2.75, 3.05) is 6.61 Å². The second-order valence-electron chi connectivity index (χ2n) is 8.18. The van der Waals surface area contributed by atoms with Gasteiger partial charge in [0, 0.05) is 10.7 Å². The maximum Gasteiger partial charge on any atom is 0.360 e. The summed E-state index contributed by atoms with van der Waals surface area (Å²) in [5.74, 6) is -0.946. The lowest BCUT2D eigenvalue weighted by atomic mass is 9.97. The molecule has 0 aliphatic rings. The van der Waals surface area contributed by atoms with Crippen molar-refractivity contribution in [1.29, 1.82) is 0 Å². The molecule has 148 valence electrons. The smallest absolute Gasteiger partial charge is 0.360 e. The van der Waals surface area contributed by atoms with Crippen LogP contribution >= 0.6 is 27.3 Å². The highest BCUT2D eigenvalue weighted by Crippen LogP contribution is 2.40. The number of carbonyl (C=O) groups is 2. The number of esters is 2. The van der Waals surface area contributed by atoms with E-state index in [1.165, 1.54) is 11.3 Å². The number of hydrogen-bond donors (Lipinski definition) is 0. The Balaban J connectivity index is 2.79. The summed E-state index contributed by atoms with van der Waals surface area (Å²) in [4.78, 5) is 34.2. The predicted octanol–water partition coefficient (Wildman–Crippen LogP) is 5.01. The zero-order valence-corrected chi connectivity index (χ0v) is 19.1. The van der Waals surface area contributed by atoms with E-state index in [1.54, 1.807) is 27.7 Å². The van der Waals surface area contributed by atoms with Gasteiger partial charge in [0.2, 0.25) is 0 Å². The highest BCUT2D eigenvalue weighted by Gasteiger charge is 2.31. The fourth-order valence-electron chi connectivity index (χ4n) is 2.11. The van der Waals surface area contributed by atoms with Gasteiger partial charge in [-0.1, -0.05) is 36.7 Å². The van der Waals surface area contributed by atoms with E-state index in [9.17, 15) is 9.59 Å². The van der Waals surface area contributed by atoms with Crippen molar-refractivity contribution in [1.82, 2.24) is 9.97 Å². The molecule has 0 bridgehead atoms. The zero-order valence-electron chi connectivity index (χ0n) is 16.7. The molecule has 0 amide bonds. The first-order valence-electron chi connectivity index (χ1n) is 8.69. The first-order valence-corrected chi connectivity index (χ1v) is 10.6. The van der Waals surface area contributed by atoms with Crippen LogP contribution in [0.2, 0.25) is 0 Å². The van der Waals surface area contributed by atoms with Crippen LogP contribution in [0.15, 0.2) is 0 Å². The molecule has 0 spiro atoms. The number of carbonyl (C=O) groups excluding carboxylic acids is 2. The summed E-state index contributed by atoms with van der Waals surface area (Å²) in [7, 11) is 0. The van der Waals surface area contributed by atoms with Crippen LogP contribution in [0, 0.1) is 5.41 Å². The van der Waals surface area contributed by atoms with Gasteiger partial charge in [-0.3, -0.25) is 4.79 Å². The van der Waals surface area contributed by atoms with Gasteiger partial charge >= 0.3 is 11.9 Å². The molecule has 0 atom stereocenters. The number of halogens is 1. The summed E-state index contributed by atoms with van der Waals surface area (Å²) >= 11 is 4.82. The molecular formula is C19H25BrN2O4S. The Morgan fingerprint density at radius 2 is 1.74 bits per heavy atom. The van der Waals surface area contributed by atoms with Crippen LogP contribution in [-0.2, 0) is 20.3 Å². The Bertz CT molecular complexity index is 878. The van der Waals surface area contributed by atoms with Crippen molar-refractivity contribution < 1.29 is 19.1 Å². The second-order valence-corrected chi connectivity index (χ2v) is 9.74. The van der Waals surface area contributed by atoms with Crippen LogP contribution in [0.4, 0.5) is 0 Å². The minimum Gasteiger partial charge on any atom is -0.461 e. The maximum atomic E-state index is 12.5. The monoisotopic (exact) mass is 456 g/mol. The molecule has 0 aromatic carbocycles. The van der Waals surface area contributed by atoms with Crippen LogP contribution in [0.5, 0.6) is 5.75 Å². The SMILES string of the molecule is CCOC(=O)c1nc(CBr)c2nc(C(C)(C)C)sc2c1OC(=O)C(C)(C)C. The van der Waals surface area contributed by atoms with Gasteiger partial charge in [-0.05, 0) is 27.7 Å². The lowest BCUT2D eigenvalue weighted by Crippen LogP contribution is -2.27. The van der Waals surface area contributed by atoms with Gasteiger partial charge in [-0.2, -0.15) is 0 Å². The third-order valence-corrected chi connectivity index (χ3v) is 5.62. The summed E-state index contributed by atoms with van der Waals surface area (Å²) in [5.41, 5.74) is 0.314. The predicted molar refractivity (Wildman–Crippen MR) is 110 cm³/mol. The number of rotatable bonds is 4. The van der Waals surface area contributed by atoms with Crippen LogP contribution in [0.3, 0.4) is 0 Å². The summed E-state index contributed by atoms with van der Waals surface area (Å²) in [6, 6.07) is 0. The van der Waals surface area contributed by atoms with Crippen LogP contribution in [-0.4, -0.2) is 28.5 Å². The first-order chi connectivity index (χ1) is 12.4. The van der Waals surface area contributed by atoms with Gasteiger partial charge in [0.15, 0.2) is 11.4 Å². The number of hydrogen-bond acceptors (Lipinski definition) is 7. The van der Waals surface area contributed by atoms with Crippen molar-refractivity contribution in [2.24, 2.45) is 5.41 Å². The Labute approximate surface area is 171 Å². The Morgan fingerprint density at radius 1 is 1.11 bits per heavy atom. The number of fused-ring (bicyclic) bond motifs is 1. The quantitative estimate of drug-likeness (QED) is 0.474. The topological polar surface area (TPSA) is 78.4 Å². The van der Waals surface area contributed by atoms with E-state index in [2.05, 4.69) is 41.7 Å². The lowest BCUT2D eigenvalue weighted by Gasteiger charge is -2.18. The molecule has 8 heteroatoms. The fourth-order valence-corrected chi connectivity index (χ4v) is 3.63. The van der Waals surface area contributed by atoms with E-state index >= 15 is 0 Å². The molecular weight excluding hydrogens is 432 g/mol. The average molecular weight is 457 g/mol. The molecule has 2 rings (SSSR count). The highest BCUT2D eigenvalue weighted by atomic mass is 79.9. The summed E-state index contributed by atoms with van der Waals surface area (Å²) in [6.45, 7) is 13.3. The zero-order chi connectivity index (χ0) is 20.6. The number of ether oxygens (including phenoxy) is 2. The van der Waals surface area contributed by atoms with Gasteiger partial charge in [-0.25, -0.2) is 14.8 Å². The number of thiazole rings is 1. The van der Waals surface area contributed by atoms with E-state index in [0.29, 0.717) is 21.2 Å². The highest BCUT2D eigenvalue weighted by molar-refractivity contribution is 9.08. The van der Waals surface area contributed by atoms with E-state index < -0.39 is 17.4 Å². The Kier molecular flexibility index (Phi) is 6.31. The standard InChI is InChI=1S/C19H25BrN2O4S/c1-8-25-15(23)12-13(26-17(24)19(5,6)7)14-11(10(9-20)21-12)22-16(27-14)18(2,3)4/h8-9H2,1-7H3. The average Bonchev–Trinajstić information content (AvgIpc) is 2.99. The molecule has 27 heavy (non-hydrogen) atoms. The third kappa shape index (κ3) is 4.66. The van der Waals surface area contributed by atoms with E-state index in [0.717, 1.165) is 5.01 Å². The molecule has 0 unspecified atom stereocenters. The fraction of sp³-hybridized carbons (Fsp3) is 0.579. The molecule has 0 fully saturated rings. The normalized spacial score (nSPS) is 12.3. The molecule has 0 aliphatic carbocycles. The minimum atomic E-state index is -0.732.